The molecule has 0 aromatic heterocycles. The van der Waals surface area contributed by atoms with Crippen molar-refractivity contribution < 1.29 is 22.3 Å². The molecular weight excluding hydrogens is 333 g/mol. The predicted molar refractivity (Wildman–Crippen MR) is 87.6 cm³/mol. The van der Waals surface area contributed by atoms with Gasteiger partial charge in [0.25, 0.3) is 0 Å². The maximum atomic E-state index is 12.9. The van der Waals surface area contributed by atoms with Crippen LogP contribution in [0.25, 0.3) is 0 Å². The van der Waals surface area contributed by atoms with Crippen molar-refractivity contribution >= 4 is 16.0 Å². The van der Waals surface area contributed by atoms with E-state index in [0.717, 1.165) is 4.31 Å². The molecule has 0 atom stereocenters. The summed E-state index contributed by atoms with van der Waals surface area (Å²) in [6.45, 7) is 1.79. The number of benzene rings is 2. The topological polar surface area (TPSA) is 63.7 Å². The summed E-state index contributed by atoms with van der Waals surface area (Å²) in [7, 11) is -1.13. The first-order valence-electron chi connectivity index (χ1n) is 7.15. The van der Waals surface area contributed by atoms with E-state index >= 15 is 0 Å². The molecular formula is C17H18FNO4S. The largest absolute Gasteiger partial charge is 0.465 e. The van der Waals surface area contributed by atoms with Gasteiger partial charge in [0.1, 0.15) is 5.82 Å². The molecule has 0 N–H and O–H groups in total. The van der Waals surface area contributed by atoms with Gasteiger partial charge in [-0.3, -0.25) is 0 Å². The van der Waals surface area contributed by atoms with Crippen molar-refractivity contribution in [1.82, 2.24) is 4.31 Å². The third-order valence-electron chi connectivity index (χ3n) is 3.64. The monoisotopic (exact) mass is 351 g/mol. The summed E-state index contributed by atoms with van der Waals surface area (Å²) in [4.78, 5) is 11.7. The molecule has 0 heterocycles. The molecule has 0 spiro atoms. The summed E-state index contributed by atoms with van der Waals surface area (Å²) in [5.41, 5.74) is 1.48. The molecule has 7 heteroatoms. The molecule has 0 unspecified atom stereocenters. The van der Waals surface area contributed by atoms with Crippen molar-refractivity contribution in [2.45, 2.75) is 18.4 Å². The molecule has 0 fully saturated rings. The lowest BCUT2D eigenvalue weighted by molar-refractivity contribution is 0.0599. The molecule has 2 aromatic rings. The lowest BCUT2D eigenvalue weighted by atomic mass is 10.1. The Bertz CT molecular complexity index is 847. The number of nitrogens with zero attached hydrogens (tertiary/aromatic N) is 1. The highest BCUT2D eigenvalue weighted by Gasteiger charge is 2.23. The summed E-state index contributed by atoms with van der Waals surface area (Å²) < 4.78 is 44.1. The Morgan fingerprint density at radius 1 is 1.17 bits per heavy atom. The van der Waals surface area contributed by atoms with Gasteiger partial charge in [-0.1, -0.05) is 18.2 Å². The van der Waals surface area contributed by atoms with Gasteiger partial charge in [-0.05, 0) is 42.3 Å². The second-order valence-corrected chi connectivity index (χ2v) is 7.40. The predicted octanol–water partition coefficient (Wildman–Crippen LogP) is 2.74. The molecule has 24 heavy (non-hydrogen) atoms. The van der Waals surface area contributed by atoms with E-state index in [2.05, 4.69) is 4.74 Å². The number of carbonyl (C=O) groups excluding carboxylic acids is 1. The van der Waals surface area contributed by atoms with Gasteiger partial charge in [-0.2, -0.15) is 4.31 Å². The number of hydrogen-bond acceptors (Lipinski definition) is 4. The Kier molecular flexibility index (Phi) is 5.36. The van der Waals surface area contributed by atoms with E-state index in [1.165, 1.54) is 50.6 Å². The van der Waals surface area contributed by atoms with E-state index in [1.54, 1.807) is 13.0 Å². The van der Waals surface area contributed by atoms with Gasteiger partial charge in [-0.15, -0.1) is 0 Å². The van der Waals surface area contributed by atoms with Crippen LogP contribution in [0.3, 0.4) is 0 Å². The fourth-order valence-corrected chi connectivity index (χ4v) is 3.39. The van der Waals surface area contributed by atoms with E-state index in [4.69, 9.17) is 0 Å². The Morgan fingerprint density at radius 3 is 2.38 bits per heavy atom. The minimum absolute atomic E-state index is 0.00175. The fourth-order valence-electron chi connectivity index (χ4n) is 2.20. The number of carbonyl (C=O) groups is 1. The number of methoxy groups -OCH3 is 1. The lowest BCUT2D eigenvalue weighted by Gasteiger charge is -2.18. The molecule has 5 nitrogen and oxygen atoms in total. The summed E-state index contributed by atoms with van der Waals surface area (Å²) >= 11 is 0. The Morgan fingerprint density at radius 2 is 1.79 bits per heavy atom. The van der Waals surface area contributed by atoms with E-state index in [0.29, 0.717) is 11.1 Å². The molecule has 0 bridgehead atoms. The fraction of sp³-hybridized carbons (Fsp3) is 0.235. The van der Waals surface area contributed by atoms with Crippen LogP contribution in [-0.4, -0.2) is 32.8 Å². The molecule has 0 aliphatic rings. The van der Waals surface area contributed by atoms with Gasteiger partial charge in [0.2, 0.25) is 10.0 Å². The summed E-state index contributed by atoms with van der Waals surface area (Å²) in [6, 6.07) is 9.90. The first kappa shape index (κ1) is 18.1. The third-order valence-corrected chi connectivity index (χ3v) is 5.44. The van der Waals surface area contributed by atoms with Crippen LogP contribution in [0, 0.1) is 12.7 Å². The van der Waals surface area contributed by atoms with Crippen molar-refractivity contribution in [3.8, 4) is 0 Å². The van der Waals surface area contributed by atoms with Crippen LogP contribution in [0.1, 0.15) is 21.5 Å². The zero-order valence-electron chi connectivity index (χ0n) is 13.6. The Hall–Kier alpha value is -2.25. The Balaban J connectivity index is 2.32. The summed E-state index contributed by atoms with van der Waals surface area (Å²) in [5.74, 6) is -0.976. The van der Waals surface area contributed by atoms with E-state index in [-0.39, 0.29) is 22.8 Å². The van der Waals surface area contributed by atoms with Gasteiger partial charge in [-0.25, -0.2) is 17.6 Å². The first-order valence-corrected chi connectivity index (χ1v) is 8.59. The number of hydrogen-bond donors (Lipinski definition) is 0. The quantitative estimate of drug-likeness (QED) is 0.777. The average Bonchev–Trinajstić information content (AvgIpc) is 2.56. The van der Waals surface area contributed by atoms with Crippen molar-refractivity contribution in [3.05, 3.63) is 65.0 Å². The molecule has 0 saturated heterocycles. The van der Waals surface area contributed by atoms with Gasteiger partial charge in [0.15, 0.2) is 0 Å². The molecule has 128 valence electrons. The number of sulfonamides is 1. The average molecular weight is 351 g/mol. The second kappa shape index (κ2) is 7.11. The van der Waals surface area contributed by atoms with Gasteiger partial charge >= 0.3 is 5.97 Å². The van der Waals surface area contributed by atoms with Crippen LogP contribution in [0.4, 0.5) is 4.39 Å². The van der Waals surface area contributed by atoms with E-state index < -0.39 is 16.0 Å². The highest BCUT2D eigenvalue weighted by Crippen LogP contribution is 2.21. The SMILES string of the molecule is COC(=O)c1cc(S(=O)(=O)N(C)Cc2ccc(F)cc2)ccc1C. The van der Waals surface area contributed by atoms with Crippen molar-refractivity contribution in [3.63, 3.8) is 0 Å². The van der Waals surface area contributed by atoms with E-state index in [9.17, 15) is 17.6 Å². The molecule has 2 rings (SSSR count). The van der Waals surface area contributed by atoms with Crippen LogP contribution in [0.2, 0.25) is 0 Å². The second-order valence-electron chi connectivity index (χ2n) is 5.36. The number of halogens is 1. The molecule has 0 aliphatic heterocycles. The zero-order valence-corrected chi connectivity index (χ0v) is 14.4. The molecule has 0 amide bonds. The van der Waals surface area contributed by atoms with Gasteiger partial charge < -0.3 is 4.74 Å². The highest BCUT2D eigenvalue weighted by molar-refractivity contribution is 7.89. The summed E-state index contributed by atoms with van der Waals surface area (Å²) in [5, 5.41) is 0. The van der Waals surface area contributed by atoms with Crippen LogP contribution >= 0.6 is 0 Å². The molecule has 2 aromatic carbocycles. The number of ether oxygens (including phenoxy) is 1. The zero-order chi connectivity index (χ0) is 17.9. The number of esters is 1. The normalized spacial score (nSPS) is 11.5. The summed E-state index contributed by atoms with van der Waals surface area (Å²) in [6.07, 6.45) is 0. The standard InChI is InChI=1S/C17H18FNO4S/c1-12-4-9-15(10-16(12)17(20)23-3)24(21,22)19(2)11-13-5-7-14(18)8-6-13/h4-10H,11H2,1-3H3. The molecule has 0 radical (unpaired) electrons. The lowest BCUT2D eigenvalue weighted by Crippen LogP contribution is -2.26. The van der Waals surface area contributed by atoms with Gasteiger partial charge in [0, 0.05) is 13.6 Å². The maximum absolute atomic E-state index is 12.9. The van der Waals surface area contributed by atoms with Crippen LogP contribution in [0.15, 0.2) is 47.4 Å². The molecule has 0 aliphatic carbocycles. The van der Waals surface area contributed by atoms with Crippen molar-refractivity contribution in [2.24, 2.45) is 0 Å². The minimum Gasteiger partial charge on any atom is -0.465 e. The number of aryl methyl sites for hydroxylation is 1. The van der Waals surface area contributed by atoms with Crippen LogP contribution < -0.4 is 0 Å². The Labute approximate surface area is 140 Å². The van der Waals surface area contributed by atoms with Crippen LogP contribution in [0.5, 0.6) is 0 Å². The first-order chi connectivity index (χ1) is 11.3. The maximum Gasteiger partial charge on any atom is 0.338 e. The molecule has 0 saturated carbocycles. The van der Waals surface area contributed by atoms with Gasteiger partial charge in [0.05, 0.1) is 17.6 Å². The highest BCUT2D eigenvalue weighted by atomic mass is 32.2. The van der Waals surface area contributed by atoms with Crippen molar-refractivity contribution in [1.29, 1.82) is 0 Å². The third kappa shape index (κ3) is 3.80. The smallest absolute Gasteiger partial charge is 0.338 e. The van der Waals surface area contributed by atoms with Crippen LogP contribution in [-0.2, 0) is 21.3 Å². The van der Waals surface area contributed by atoms with E-state index in [1.807, 2.05) is 0 Å². The van der Waals surface area contributed by atoms with Crippen molar-refractivity contribution in [2.75, 3.05) is 14.2 Å². The number of rotatable bonds is 5. The minimum atomic E-state index is -3.80.